The van der Waals surface area contributed by atoms with Crippen molar-refractivity contribution in [2.75, 3.05) is 37.7 Å². The van der Waals surface area contributed by atoms with E-state index in [-0.39, 0.29) is 5.91 Å². The fraction of sp³-hybridized carbons (Fsp3) is 0.632. The number of para-hydroxylation sites is 1. The summed E-state index contributed by atoms with van der Waals surface area (Å²) in [5.74, 6) is 0.184. The number of nitrogens with zero attached hydrogens (tertiary/aromatic N) is 2. The molecule has 4 nitrogen and oxygen atoms in total. The SMILES string of the molecule is Cc1ccccc1N1CCCN(C(=O)C2(C)CCCCO2)CC1. The smallest absolute Gasteiger partial charge is 0.254 e. The van der Waals surface area contributed by atoms with Crippen molar-refractivity contribution in [1.29, 1.82) is 0 Å². The van der Waals surface area contributed by atoms with E-state index in [1.807, 2.05) is 11.8 Å². The molecule has 3 rings (SSSR count). The van der Waals surface area contributed by atoms with Gasteiger partial charge in [-0.05, 0) is 51.2 Å². The first-order chi connectivity index (χ1) is 11.1. The molecular weight excluding hydrogens is 288 g/mol. The van der Waals surface area contributed by atoms with Gasteiger partial charge in [-0.15, -0.1) is 0 Å². The van der Waals surface area contributed by atoms with Crippen LogP contribution >= 0.6 is 0 Å². The Labute approximate surface area is 139 Å². The molecule has 1 aromatic carbocycles. The Morgan fingerprint density at radius 1 is 1.09 bits per heavy atom. The van der Waals surface area contributed by atoms with Crippen molar-refractivity contribution in [3.63, 3.8) is 0 Å². The van der Waals surface area contributed by atoms with Crippen LogP contribution in [0.3, 0.4) is 0 Å². The third-order valence-electron chi connectivity index (χ3n) is 5.16. The lowest BCUT2D eigenvalue weighted by atomic mass is 9.94. The summed E-state index contributed by atoms with van der Waals surface area (Å²) in [4.78, 5) is 17.3. The Morgan fingerprint density at radius 3 is 2.65 bits per heavy atom. The van der Waals surface area contributed by atoms with Gasteiger partial charge in [-0.2, -0.15) is 0 Å². The number of amides is 1. The van der Waals surface area contributed by atoms with Crippen molar-refractivity contribution >= 4 is 11.6 Å². The first-order valence-corrected chi connectivity index (χ1v) is 8.84. The maximum absolute atomic E-state index is 12.9. The van der Waals surface area contributed by atoms with Crippen LogP contribution in [-0.2, 0) is 9.53 Å². The zero-order chi connectivity index (χ0) is 16.3. The van der Waals surface area contributed by atoms with Gasteiger partial charge in [0.25, 0.3) is 5.91 Å². The van der Waals surface area contributed by atoms with Crippen LogP contribution in [0.15, 0.2) is 24.3 Å². The molecular formula is C19H28N2O2. The summed E-state index contributed by atoms with van der Waals surface area (Å²) in [6, 6.07) is 8.50. The van der Waals surface area contributed by atoms with E-state index in [2.05, 4.69) is 36.1 Å². The molecule has 1 atom stereocenters. The van der Waals surface area contributed by atoms with Gasteiger partial charge >= 0.3 is 0 Å². The number of hydrogen-bond acceptors (Lipinski definition) is 3. The Hall–Kier alpha value is -1.55. The molecule has 2 aliphatic rings. The summed E-state index contributed by atoms with van der Waals surface area (Å²) < 4.78 is 5.85. The largest absolute Gasteiger partial charge is 0.369 e. The highest BCUT2D eigenvalue weighted by atomic mass is 16.5. The molecule has 2 saturated heterocycles. The predicted octanol–water partition coefficient (Wildman–Crippen LogP) is 2.99. The summed E-state index contributed by atoms with van der Waals surface area (Å²) in [7, 11) is 0. The van der Waals surface area contributed by atoms with Crippen LogP contribution in [0.5, 0.6) is 0 Å². The molecule has 2 fully saturated rings. The van der Waals surface area contributed by atoms with Gasteiger partial charge in [0.05, 0.1) is 0 Å². The average Bonchev–Trinajstić information content (AvgIpc) is 2.81. The molecule has 0 radical (unpaired) electrons. The third kappa shape index (κ3) is 3.52. The monoisotopic (exact) mass is 316 g/mol. The fourth-order valence-corrected chi connectivity index (χ4v) is 3.72. The molecule has 0 saturated carbocycles. The minimum absolute atomic E-state index is 0.184. The summed E-state index contributed by atoms with van der Waals surface area (Å²) in [5.41, 5.74) is 1.99. The molecule has 0 aliphatic carbocycles. The molecule has 0 spiro atoms. The number of carbonyl (C=O) groups is 1. The first-order valence-electron chi connectivity index (χ1n) is 8.84. The second-order valence-corrected chi connectivity index (χ2v) is 6.96. The molecule has 0 N–H and O–H groups in total. The quantitative estimate of drug-likeness (QED) is 0.841. The van der Waals surface area contributed by atoms with E-state index in [1.165, 1.54) is 11.3 Å². The van der Waals surface area contributed by atoms with E-state index in [9.17, 15) is 4.79 Å². The van der Waals surface area contributed by atoms with Crippen LogP contribution < -0.4 is 4.90 Å². The van der Waals surface area contributed by atoms with Crippen LogP contribution in [-0.4, -0.2) is 49.2 Å². The molecule has 126 valence electrons. The van der Waals surface area contributed by atoms with E-state index >= 15 is 0 Å². The number of ether oxygens (including phenoxy) is 1. The van der Waals surface area contributed by atoms with Crippen LogP contribution in [0, 0.1) is 6.92 Å². The normalized spacial score (nSPS) is 26.0. The van der Waals surface area contributed by atoms with Gasteiger partial charge in [-0.25, -0.2) is 0 Å². The van der Waals surface area contributed by atoms with Gasteiger partial charge in [0.15, 0.2) is 0 Å². The highest BCUT2D eigenvalue weighted by molar-refractivity contribution is 5.85. The van der Waals surface area contributed by atoms with Crippen molar-refractivity contribution in [3.05, 3.63) is 29.8 Å². The molecule has 4 heteroatoms. The topological polar surface area (TPSA) is 32.8 Å². The maximum Gasteiger partial charge on any atom is 0.254 e. The molecule has 0 bridgehead atoms. The Balaban J connectivity index is 1.66. The summed E-state index contributed by atoms with van der Waals surface area (Å²) in [6.45, 7) is 8.36. The van der Waals surface area contributed by atoms with Crippen molar-refractivity contribution in [1.82, 2.24) is 4.90 Å². The summed E-state index contributed by atoms with van der Waals surface area (Å²) in [6.07, 6.45) is 4.02. The van der Waals surface area contributed by atoms with Crippen LogP contribution in [0.2, 0.25) is 0 Å². The van der Waals surface area contributed by atoms with Crippen LogP contribution in [0.4, 0.5) is 5.69 Å². The van der Waals surface area contributed by atoms with E-state index in [0.29, 0.717) is 6.61 Å². The minimum Gasteiger partial charge on any atom is -0.369 e. The van der Waals surface area contributed by atoms with Gasteiger partial charge in [-0.1, -0.05) is 18.2 Å². The van der Waals surface area contributed by atoms with Crippen molar-refractivity contribution in [3.8, 4) is 0 Å². The van der Waals surface area contributed by atoms with E-state index in [4.69, 9.17) is 4.74 Å². The zero-order valence-corrected chi connectivity index (χ0v) is 14.4. The van der Waals surface area contributed by atoms with E-state index < -0.39 is 5.60 Å². The van der Waals surface area contributed by atoms with E-state index in [0.717, 1.165) is 51.9 Å². The lowest BCUT2D eigenvalue weighted by Gasteiger charge is -2.36. The number of anilines is 1. The number of carbonyl (C=O) groups excluding carboxylic acids is 1. The lowest BCUT2D eigenvalue weighted by Crippen LogP contribution is -2.51. The van der Waals surface area contributed by atoms with Crippen LogP contribution in [0.25, 0.3) is 0 Å². The highest BCUT2D eigenvalue weighted by Crippen LogP contribution is 2.28. The third-order valence-corrected chi connectivity index (χ3v) is 5.16. The van der Waals surface area contributed by atoms with Gasteiger partial charge in [0, 0.05) is 38.5 Å². The number of hydrogen-bond donors (Lipinski definition) is 0. The summed E-state index contributed by atoms with van der Waals surface area (Å²) >= 11 is 0. The summed E-state index contributed by atoms with van der Waals surface area (Å²) in [5, 5.41) is 0. The van der Waals surface area contributed by atoms with Gasteiger partial charge < -0.3 is 14.5 Å². The standard InChI is InChI=1S/C19H28N2O2/c1-16-8-3-4-9-17(16)20-11-7-12-21(14-13-20)18(22)19(2)10-5-6-15-23-19/h3-4,8-9H,5-7,10-15H2,1-2H3. The zero-order valence-electron chi connectivity index (χ0n) is 14.4. The molecule has 1 aromatic rings. The molecule has 1 amide bonds. The molecule has 0 aromatic heterocycles. The van der Waals surface area contributed by atoms with E-state index in [1.54, 1.807) is 0 Å². The maximum atomic E-state index is 12.9. The number of rotatable bonds is 2. The predicted molar refractivity (Wildman–Crippen MR) is 92.8 cm³/mol. The number of aryl methyl sites for hydroxylation is 1. The first kappa shape index (κ1) is 16.3. The average molecular weight is 316 g/mol. The Kier molecular flexibility index (Phi) is 4.90. The second-order valence-electron chi connectivity index (χ2n) is 6.96. The lowest BCUT2D eigenvalue weighted by molar-refractivity contribution is -0.161. The van der Waals surface area contributed by atoms with Gasteiger partial charge in [-0.3, -0.25) is 4.79 Å². The Morgan fingerprint density at radius 2 is 1.91 bits per heavy atom. The molecule has 23 heavy (non-hydrogen) atoms. The molecule has 1 unspecified atom stereocenters. The van der Waals surface area contributed by atoms with Gasteiger partial charge in [0.2, 0.25) is 0 Å². The Bertz CT molecular complexity index is 552. The molecule has 2 heterocycles. The highest BCUT2D eigenvalue weighted by Gasteiger charge is 2.39. The van der Waals surface area contributed by atoms with Crippen molar-refractivity contribution in [2.45, 2.75) is 45.1 Å². The van der Waals surface area contributed by atoms with Crippen molar-refractivity contribution in [2.24, 2.45) is 0 Å². The molecule has 2 aliphatic heterocycles. The van der Waals surface area contributed by atoms with Crippen molar-refractivity contribution < 1.29 is 9.53 Å². The second kappa shape index (κ2) is 6.91. The minimum atomic E-state index is -0.601. The fourth-order valence-electron chi connectivity index (χ4n) is 3.72. The number of benzene rings is 1. The van der Waals surface area contributed by atoms with Crippen LogP contribution in [0.1, 0.15) is 38.2 Å². The van der Waals surface area contributed by atoms with Gasteiger partial charge in [0.1, 0.15) is 5.60 Å².